The Kier molecular flexibility index (Phi) is 9.87. The van der Waals surface area contributed by atoms with Crippen LogP contribution in [0.3, 0.4) is 0 Å². The number of rotatable bonds is 9. The van der Waals surface area contributed by atoms with E-state index in [-0.39, 0.29) is 17.9 Å². The molecule has 4 N–H and O–H groups in total. The Morgan fingerprint density at radius 1 is 0.946 bits per heavy atom. The predicted molar refractivity (Wildman–Crippen MR) is 134 cm³/mol. The van der Waals surface area contributed by atoms with E-state index < -0.39 is 48.1 Å². The van der Waals surface area contributed by atoms with Crippen molar-refractivity contribution in [1.29, 1.82) is 0 Å². The Morgan fingerprint density at radius 2 is 1.49 bits per heavy atom. The molecule has 2 aromatic rings. The number of amides is 3. The summed E-state index contributed by atoms with van der Waals surface area (Å²) < 4.78 is 9.88. The van der Waals surface area contributed by atoms with Gasteiger partial charge in [-0.25, -0.2) is 4.79 Å². The molecule has 0 aliphatic rings. The van der Waals surface area contributed by atoms with Crippen molar-refractivity contribution in [3.8, 4) is 11.5 Å². The van der Waals surface area contributed by atoms with Gasteiger partial charge >= 0.3 is 12.1 Å². The molecule has 2 atom stereocenters. The number of hydrogen-bond donors (Lipinski definition) is 4. The van der Waals surface area contributed by atoms with E-state index in [1.165, 1.54) is 50.6 Å². The predicted octanol–water partition coefficient (Wildman–Crippen LogP) is 2.02. The van der Waals surface area contributed by atoms with Gasteiger partial charge in [-0.1, -0.05) is 24.3 Å². The van der Waals surface area contributed by atoms with Crippen molar-refractivity contribution in [2.24, 2.45) is 0 Å². The molecule has 0 heterocycles. The summed E-state index contributed by atoms with van der Waals surface area (Å²) in [6, 6.07) is 9.43. The van der Waals surface area contributed by atoms with Gasteiger partial charge < -0.3 is 35.2 Å². The van der Waals surface area contributed by atoms with Gasteiger partial charge in [-0.3, -0.25) is 14.4 Å². The number of esters is 1. The zero-order valence-corrected chi connectivity index (χ0v) is 21.5. The summed E-state index contributed by atoms with van der Waals surface area (Å²) in [5.41, 5.74) is 0.179. The maximum absolute atomic E-state index is 13.7. The van der Waals surface area contributed by atoms with Crippen LogP contribution in [0.2, 0.25) is 0 Å². The summed E-state index contributed by atoms with van der Waals surface area (Å²) in [6.07, 6.45) is -0.788. The highest BCUT2D eigenvalue weighted by Gasteiger charge is 2.34. The number of hydrogen-bond acceptors (Lipinski definition) is 8. The molecule has 37 heavy (non-hydrogen) atoms. The van der Waals surface area contributed by atoms with Crippen molar-refractivity contribution in [3.05, 3.63) is 59.7 Å². The van der Waals surface area contributed by atoms with E-state index in [9.17, 15) is 29.4 Å². The molecule has 2 rings (SSSR count). The quantitative estimate of drug-likeness (QED) is 0.370. The van der Waals surface area contributed by atoms with E-state index in [0.717, 1.165) is 4.90 Å². The van der Waals surface area contributed by atoms with Crippen LogP contribution >= 0.6 is 0 Å². The highest BCUT2D eigenvalue weighted by atomic mass is 16.6. The number of carbonyl (C=O) groups excluding carboxylic acids is 4. The third-order valence-corrected chi connectivity index (χ3v) is 5.19. The van der Waals surface area contributed by atoms with Crippen molar-refractivity contribution in [2.45, 2.75) is 44.9 Å². The van der Waals surface area contributed by atoms with E-state index in [1.807, 2.05) is 0 Å². The second-order valence-electron chi connectivity index (χ2n) is 9.31. The molecule has 3 amide bonds. The first-order chi connectivity index (χ1) is 17.3. The van der Waals surface area contributed by atoms with Crippen molar-refractivity contribution >= 4 is 23.9 Å². The van der Waals surface area contributed by atoms with Crippen LogP contribution in [0.15, 0.2) is 48.5 Å². The van der Waals surface area contributed by atoms with Crippen molar-refractivity contribution < 1.29 is 38.9 Å². The fraction of sp³-hybridized carbons (Fsp3) is 0.385. The molecular formula is C26H33N3O8. The van der Waals surface area contributed by atoms with Gasteiger partial charge in [-0.05, 0) is 56.2 Å². The van der Waals surface area contributed by atoms with Crippen LogP contribution in [0.5, 0.6) is 11.5 Å². The van der Waals surface area contributed by atoms with Gasteiger partial charge in [0.2, 0.25) is 11.8 Å². The molecule has 2 unspecified atom stereocenters. The number of nitrogens with zero attached hydrogens (tertiary/aromatic N) is 1. The van der Waals surface area contributed by atoms with Crippen molar-refractivity contribution in [3.63, 3.8) is 0 Å². The second-order valence-corrected chi connectivity index (χ2v) is 9.31. The van der Waals surface area contributed by atoms with Crippen molar-refractivity contribution in [2.75, 3.05) is 20.7 Å². The third kappa shape index (κ3) is 9.02. The highest BCUT2D eigenvalue weighted by Crippen LogP contribution is 2.24. The van der Waals surface area contributed by atoms with E-state index in [2.05, 4.69) is 15.4 Å². The minimum absolute atomic E-state index is 0.0365. The number of carbonyl (C=O) groups is 4. The monoisotopic (exact) mass is 515 g/mol. The third-order valence-electron chi connectivity index (χ3n) is 5.19. The number of phenolic OH excluding ortho intramolecular Hbond substituents is 2. The largest absolute Gasteiger partial charge is 0.508 e. The Balaban J connectivity index is 2.39. The van der Waals surface area contributed by atoms with Gasteiger partial charge in [-0.15, -0.1) is 0 Å². The van der Waals surface area contributed by atoms with Crippen LogP contribution in [-0.2, 0) is 30.3 Å². The Hall–Kier alpha value is -4.28. The number of nitrogens with one attached hydrogen (secondary N) is 2. The lowest BCUT2D eigenvalue weighted by Crippen LogP contribution is -2.52. The lowest BCUT2D eigenvalue weighted by Gasteiger charge is -2.31. The number of likely N-dealkylation sites (N-methyl/N-ethyl adjacent to an activating group) is 1. The summed E-state index contributed by atoms with van der Waals surface area (Å²) in [7, 11) is 2.57. The first-order valence-electron chi connectivity index (χ1n) is 11.5. The molecule has 200 valence electrons. The minimum Gasteiger partial charge on any atom is -0.508 e. The first-order valence-corrected chi connectivity index (χ1v) is 11.5. The van der Waals surface area contributed by atoms with Gasteiger partial charge in [0.1, 0.15) is 35.7 Å². The molecule has 11 heteroatoms. The molecule has 0 bridgehead atoms. The summed E-state index contributed by atoms with van der Waals surface area (Å²) in [6.45, 7) is 4.63. The maximum atomic E-state index is 13.7. The fourth-order valence-corrected chi connectivity index (χ4v) is 3.43. The molecule has 0 fully saturated rings. The van der Waals surface area contributed by atoms with Crippen LogP contribution in [-0.4, -0.2) is 71.3 Å². The number of benzene rings is 2. The fourth-order valence-electron chi connectivity index (χ4n) is 3.43. The topological polar surface area (TPSA) is 154 Å². The van der Waals surface area contributed by atoms with E-state index >= 15 is 0 Å². The summed E-state index contributed by atoms with van der Waals surface area (Å²) >= 11 is 0. The lowest BCUT2D eigenvalue weighted by molar-refractivity contribution is -0.143. The number of methoxy groups -OCH3 is 1. The van der Waals surface area contributed by atoms with Crippen LogP contribution in [0.1, 0.15) is 37.9 Å². The zero-order valence-electron chi connectivity index (χ0n) is 21.5. The van der Waals surface area contributed by atoms with Crippen LogP contribution in [0, 0.1) is 0 Å². The molecule has 0 radical (unpaired) electrons. The molecule has 0 saturated heterocycles. The zero-order chi connectivity index (χ0) is 27.8. The molecule has 2 aromatic carbocycles. The van der Waals surface area contributed by atoms with Crippen molar-refractivity contribution in [1.82, 2.24) is 15.5 Å². The molecule has 11 nitrogen and oxygen atoms in total. The van der Waals surface area contributed by atoms with Gasteiger partial charge in [0.25, 0.3) is 0 Å². The smallest absolute Gasteiger partial charge is 0.408 e. The van der Waals surface area contributed by atoms with E-state index in [4.69, 9.17) is 4.74 Å². The van der Waals surface area contributed by atoms with Crippen LogP contribution in [0.4, 0.5) is 4.79 Å². The minimum atomic E-state index is -1.21. The Morgan fingerprint density at radius 3 is 2.00 bits per heavy atom. The summed E-state index contributed by atoms with van der Waals surface area (Å²) in [5, 5.41) is 24.3. The molecule has 0 saturated carbocycles. The first kappa shape index (κ1) is 29.0. The average Bonchev–Trinajstić information content (AvgIpc) is 2.83. The molecule has 0 aliphatic carbocycles. The maximum Gasteiger partial charge on any atom is 0.408 e. The Labute approximate surface area is 215 Å². The number of ether oxygens (including phenoxy) is 2. The van der Waals surface area contributed by atoms with Gasteiger partial charge in [0.15, 0.2) is 0 Å². The summed E-state index contributed by atoms with van der Waals surface area (Å²) in [5.74, 6) is -1.97. The number of phenols is 2. The lowest BCUT2D eigenvalue weighted by atomic mass is 10.0. The van der Waals surface area contributed by atoms with Gasteiger partial charge in [-0.2, -0.15) is 0 Å². The van der Waals surface area contributed by atoms with Gasteiger partial charge in [0.05, 0.1) is 7.11 Å². The number of aromatic hydroxyl groups is 2. The van der Waals surface area contributed by atoms with E-state index in [0.29, 0.717) is 11.1 Å². The second kappa shape index (κ2) is 12.6. The van der Waals surface area contributed by atoms with Crippen LogP contribution in [0.25, 0.3) is 0 Å². The molecule has 0 spiro atoms. The average molecular weight is 516 g/mol. The number of alkyl carbamates (subject to hydrolysis) is 1. The molecular weight excluding hydrogens is 482 g/mol. The normalized spacial score (nSPS) is 12.6. The standard InChI is InChI=1S/C26H33N3O8/c1-26(2,3)37-25(35)28-20(14-16-6-10-18(30)11-7-16)24(34)29(4)22(17-8-12-19(31)13-9-17)23(33)27-15-21(32)36-5/h6-13,20,22,30-31H,14-15H2,1-5H3,(H,27,33)(H,28,35). The highest BCUT2D eigenvalue weighted by molar-refractivity contribution is 5.93. The van der Waals surface area contributed by atoms with Gasteiger partial charge in [0, 0.05) is 13.5 Å². The SMILES string of the molecule is COC(=O)CNC(=O)C(c1ccc(O)cc1)N(C)C(=O)C(Cc1ccc(O)cc1)NC(=O)OC(C)(C)C. The van der Waals surface area contributed by atoms with E-state index in [1.54, 1.807) is 32.9 Å². The molecule has 0 aromatic heterocycles. The Bertz CT molecular complexity index is 1090. The van der Waals surface area contributed by atoms with Crippen LogP contribution < -0.4 is 10.6 Å². The molecule has 0 aliphatic heterocycles. The summed E-state index contributed by atoms with van der Waals surface area (Å²) in [4.78, 5) is 52.1.